The van der Waals surface area contributed by atoms with Crippen LogP contribution < -0.4 is 4.72 Å². The van der Waals surface area contributed by atoms with Crippen LogP contribution in [0.15, 0.2) is 52.7 Å². The van der Waals surface area contributed by atoms with E-state index in [0.717, 1.165) is 5.56 Å². The molecule has 25 heavy (non-hydrogen) atoms. The lowest BCUT2D eigenvalue weighted by atomic mass is 10.1. The molecule has 0 bridgehead atoms. The number of halogens is 2. The van der Waals surface area contributed by atoms with E-state index >= 15 is 0 Å². The smallest absolute Gasteiger partial charge is 0.240 e. The number of aryl methyl sites for hydroxylation is 1. The number of hydrogen-bond donors (Lipinski definition) is 1. The van der Waals surface area contributed by atoms with Crippen LogP contribution in [0.3, 0.4) is 0 Å². The zero-order valence-corrected chi connectivity index (χ0v) is 15.6. The van der Waals surface area contributed by atoms with Crippen LogP contribution in [0.1, 0.15) is 10.6 Å². The Morgan fingerprint density at radius 2 is 2.04 bits per heavy atom. The molecule has 1 N–H and O–H groups in total. The topological polar surface area (TPSA) is 59.1 Å². The Kier molecular flexibility index (Phi) is 5.19. The molecule has 0 unspecified atom stereocenters. The van der Waals surface area contributed by atoms with Crippen molar-refractivity contribution in [2.45, 2.75) is 18.4 Å². The molecule has 0 amide bonds. The Hall–Kier alpha value is -1.80. The minimum absolute atomic E-state index is 0.0691. The lowest BCUT2D eigenvalue weighted by Gasteiger charge is -2.05. The normalized spacial score (nSPS) is 11.6. The standard InChI is InChI=1S/C17H14ClFN2O2S2/c1-11-7-12(5-6-15(11)19)16-10-24-17(21-16)9-20-25(22,23)14-4-2-3-13(18)8-14/h2-8,10,20H,9H2,1H3. The van der Waals surface area contributed by atoms with Crippen LogP contribution in [0, 0.1) is 12.7 Å². The van der Waals surface area contributed by atoms with Gasteiger partial charge in [0, 0.05) is 16.0 Å². The predicted octanol–water partition coefficient (Wildman–Crippen LogP) is 4.39. The first-order valence-electron chi connectivity index (χ1n) is 7.31. The van der Waals surface area contributed by atoms with Crippen molar-refractivity contribution in [1.29, 1.82) is 0 Å². The van der Waals surface area contributed by atoms with Gasteiger partial charge in [0.15, 0.2) is 0 Å². The Balaban J connectivity index is 1.74. The summed E-state index contributed by atoms with van der Waals surface area (Å²) in [6.07, 6.45) is 0. The van der Waals surface area contributed by atoms with Gasteiger partial charge in [-0.1, -0.05) is 17.7 Å². The number of nitrogens with zero attached hydrogens (tertiary/aromatic N) is 1. The van der Waals surface area contributed by atoms with Crippen molar-refractivity contribution in [3.05, 3.63) is 69.3 Å². The number of benzene rings is 2. The molecule has 0 atom stereocenters. The van der Waals surface area contributed by atoms with Crippen LogP contribution in [0.25, 0.3) is 11.3 Å². The lowest BCUT2D eigenvalue weighted by molar-refractivity contribution is 0.581. The van der Waals surface area contributed by atoms with Gasteiger partial charge in [-0.3, -0.25) is 0 Å². The summed E-state index contributed by atoms with van der Waals surface area (Å²) >= 11 is 7.17. The molecular formula is C17H14ClFN2O2S2. The van der Waals surface area contributed by atoms with Gasteiger partial charge >= 0.3 is 0 Å². The summed E-state index contributed by atoms with van der Waals surface area (Å²) in [4.78, 5) is 4.51. The van der Waals surface area contributed by atoms with Crippen LogP contribution in [0.5, 0.6) is 0 Å². The third-order valence-corrected chi connectivity index (χ3v) is 6.01. The van der Waals surface area contributed by atoms with Gasteiger partial charge in [-0.25, -0.2) is 22.5 Å². The van der Waals surface area contributed by atoms with Gasteiger partial charge in [-0.05, 0) is 48.9 Å². The number of hydrogen-bond acceptors (Lipinski definition) is 4. The minimum Gasteiger partial charge on any atom is -0.240 e. The summed E-state index contributed by atoms with van der Waals surface area (Å²) < 4.78 is 40.4. The number of aromatic nitrogens is 1. The maximum atomic E-state index is 13.4. The summed E-state index contributed by atoms with van der Waals surface area (Å²) in [5, 5.41) is 2.78. The average molecular weight is 397 g/mol. The maximum absolute atomic E-state index is 13.4. The van der Waals surface area contributed by atoms with Crippen LogP contribution in [0.2, 0.25) is 5.02 Å². The molecule has 4 nitrogen and oxygen atoms in total. The Morgan fingerprint density at radius 3 is 2.76 bits per heavy atom. The fourth-order valence-electron chi connectivity index (χ4n) is 2.20. The van der Waals surface area contributed by atoms with Crippen molar-refractivity contribution >= 4 is 33.0 Å². The number of thiazole rings is 1. The van der Waals surface area contributed by atoms with Gasteiger partial charge in [-0.2, -0.15) is 0 Å². The van der Waals surface area contributed by atoms with E-state index in [2.05, 4.69) is 9.71 Å². The molecule has 0 aliphatic heterocycles. The van der Waals surface area contributed by atoms with Gasteiger partial charge in [0.25, 0.3) is 0 Å². The first kappa shape index (κ1) is 18.0. The van der Waals surface area contributed by atoms with Gasteiger partial charge < -0.3 is 0 Å². The highest BCUT2D eigenvalue weighted by Gasteiger charge is 2.15. The van der Waals surface area contributed by atoms with Crippen LogP contribution in [0.4, 0.5) is 4.39 Å². The second-order valence-electron chi connectivity index (χ2n) is 5.37. The van der Waals surface area contributed by atoms with Crippen LogP contribution in [-0.4, -0.2) is 13.4 Å². The van der Waals surface area contributed by atoms with Crippen LogP contribution in [-0.2, 0) is 16.6 Å². The van der Waals surface area contributed by atoms with Gasteiger partial charge in [0.2, 0.25) is 10.0 Å². The fraction of sp³-hybridized carbons (Fsp3) is 0.118. The molecule has 0 fully saturated rings. The molecule has 8 heteroatoms. The summed E-state index contributed by atoms with van der Waals surface area (Å²) in [7, 11) is -3.67. The molecule has 0 radical (unpaired) electrons. The van der Waals surface area contributed by atoms with Crippen molar-refractivity contribution in [2.75, 3.05) is 0 Å². The third-order valence-electron chi connectivity index (χ3n) is 3.53. The molecule has 0 aliphatic rings. The monoisotopic (exact) mass is 396 g/mol. The zero-order chi connectivity index (χ0) is 18.0. The average Bonchev–Trinajstić information content (AvgIpc) is 3.05. The highest BCUT2D eigenvalue weighted by Crippen LogP contribution is 2.24. The van der Waals surface area contributed by atoms with Crippen molar-refractivity contribution in [3.8, 4) is 11.3 Å². The highest BCUT2D eigenvalue weighted by molar-refractivity contribution is 7.89. The first-order chi connectivity index (χ1) is 11.8. The van der Waals surface area contributed by atoms with E-state index in [9.17, 15) is 12.8 Å². The molecule has 3 rings (SSSR count). The van der Waals surface area contributed by atoms with E-state index in [-0.39, 0.29) is 17.3 Å². The van der Waals surface area contributed by atoms with E-state index in [1.165, 1.54) is 29.5 Å². The Bertz CT molecular complexity index is 1020. The summed E-state index contributed by atoms with van der Waals surface area (Å²) in [5.41, 5.74) is 2.01. The molecular weight excluding hydrogens is 383 g/mol. The van der Waals surface area contributed by atoms with Crippen molar-refractivity contribution in [2.24, 2.45) is 0 Å². The lowest BCUT2D eigenvalue weighted by Crippen LogP contribution is -2.23. The fourth-order valence-corrected chi connectivity index (χ4v) is 4.33. The first-order valence-corrected chi connectivity index (χ1v) is 10.1. The zero-order valence-electron chi connectivity index (χ0n) is 13.2. The Morgan fingerprint density at radius 1 is 1.24 bits per heavy atom. The Labute approximate surface area is 154 Å². The van der Waals surface area contributed by atoms with E-state index in [1.54, 1.807) is 31.2 Å². The summed E-state index contributed by atoms with van der Waals surface area (Å²) in [6, 6.07) is 10.8. The van der Waals surface area contributed by atoms with E-state index in [0.29, 0.717) is 21.3 Å². The molecule has 1 aromatic heterocycles. The molecule has 1 heterocycles. The van der Waals surface area contributed by atoms with E-state index < -0.39 is 10.0 Å². The molecule has 130 valence electrons. The number of rotatable bonds is 5. The molecule has 2 aromatic carbocycles. The predicted molar refractivity (Wildman–Crippen MR) is 97.7 cm³/mol. The third kappa shape index (κ3) is 4.24. The minimum atomic E-state index is -3.67. The van der Waals surface area contributed by atoms with E-state index in [1.807, 2.05) is 5.38 Å². The summed E-state index contributed by atoms with van der Waals surface area (Å²) in [5.74, 6) is -0.270. The quantitative estimate of drug-likeness (QED) is 0.695. The van der Waals surface area contributed by atoms with Crippen molar-refractivity contribution in [3.63, 3.8) is 0 Å². The second kappa shape index (κ2) is 7.21. The highest BCUT2D eigenvalue weighted by atomic mass is 35.5. The van der Waals surface area contributed by atoms with E-state index in [4.69, 9.17) is 11.6 Å². The molecule has 3 aromatic rings. The van der Waals surface area contributed by atoms with Gasteiger partial charge in [0.05, 0.1) is 17.1 Å². The molecule has 0 spiro atoms. The molecule has 0 saturated carbocycles. The summed E-state index contributed by atoms with van der Waals surface area (Å²) in [6.45, 7) is 1.75. The molecule has 0 aliphatic carbocycles. The second-order valence-corrected chi connectivity index (χ2v) is 8.52. The number of sulfonamides is 1. The number of nitrogens with one attached hydrogen (secondary N) is 1. The van der Waals surface area contributed by atoms with Crippen molar-refractivity contribution < 1.29 is 12.8 Å². The molecule has 0 saturated heterocycles. The maximum Gasteiger partial charge on any atom is 0.241 e. The SMILES string of the molecule is Cc1cc(-c2csc(CNS(=O)(=O)c3cccc(Cl)c3)n2)ccc1F. The van der Waals surface area contributed by atoms with Gasteiger partial charge in [0.1, 0.15) is 10.8 Å². The van der Waals surface area contributed by atoms with Gasteiger partial charge in [-0.15, -0.1) is 11.3 Å². The van der Waals surface area contributed by atoms with Crippen molar-refractivity contribution in [1.82, 2.24) is 9.71 Å². The van der Waals surface area contributed by atoms with Crippen LogP contribution >= 0.6 is 22.9 Å². The largest absolute Gasteiger partial charge is 0.241 e.